The third kappa shape index (κ3) is 4.77. The molecule has 0 bridgehead atoms. The molecule has 6 nitrogen and oxygen atoms in total. The fourth-order valence-corrected chi connectivity index (χ4v) is 6.38. The highest BCUT2D eigenvalue weighted by Crippen LogP contribution is 2.51. The van der Waals surface area contributed by atoms with Gasteiger partial charge in [0.15, 0.2) is 11.3 Å². The molecule has 4 N–H and O–H groups in total. The van der Waals surface area contributed by atoms with Crippen LogP contribution in [-0.2, 0) is 21.6 Å². The Balaban J connectivity index is 1.59. The molecule has 1 saturated carbocycles. The van der Waals surface area contributed by atoms with Crippen LogP contribution in [0.5, 0.6) is 5.75 Å². The maximum absolute atomic E-state index is 16.5. The predicted octanol–water partition coefficient (Wildman–Crippen LogP) is 4.62. The van der Waals surface area contributed by atoms with Gasteiger partial charge in [-0.2, -0.15) is 0 Å². The second-order valence-electron chi connectivity index (χ2n) is 10.7. The van der Waals surface area contributed by atoms with E-state index in [-0.39, 0.29) is 23.3 Å². The first-order valence-corrected chi connectivity index (χ1v) is 13.5. The summed E-state index contributed by atoms with van der Waals surface area (Å²) in [5.74, 6) is -0.150. The first-order valence-electron chi connectivity index (χ1n) is 13.1. The van der Waals surface area contributed by atoms with Crippen LogP contribution in [0.1, 0.15) is 49.3 Å². The number of alkyl halides is 1. The number of primary amides is 1. The number of amides is 1. The largest absolute Gasteiger partial charge is 0.481 e. The summed E-state index contributed by atoms with van der Waals surface area (Å²) in [6.45, 7) is 1.90. The molecule has 0 aromatic heterocycles. The Morgan fingerprint density at radius 2 is 1.92 bits per heavy atom. The Bertz CT molecular complexity index is 1270. The van der Waals surface area contributed by atoms with E-state index in [1.165, 1.54) is 26.2 Å². The van der Waals surface area contributed by atoms with Crippen molar-refractivity contribution in [1.82, 2.24) is 5.32 Å². The van der Waals surface area contributed by atoms with Gasteiger partial charge in [-0.15, -0.1) is 0 Å². The van der Waals surface area contributed by atoms with Crippen molar-refractivity contribution in [2.75, 3.05) is 13.7 Å². The molecule has 2 unspecified atom stereocenters. The Morgan fingerprint density at radius 1 is 1.21 bits per heavy atom. The number of benzene rings is 2. The van der Waals surface area contributed by atoms with Crippen molar-refractivity contribution in [3.05, 3.63) is 81.9 Å². The van der Waals surface area contributed by atoms with E-state index >= 15 is 4.39 Å². The summed E-state index contributed by atoms with van der Waals surface area (Å²) in [6, 6.07) is 13.7. The van der Waals surface area contributed by atoms with Crippen molar-refractivity contribution in [2.24, 2.45) is 5.73 Å². The minimum atomic E-state index is -2.06. The van der Waals surface area contributed by atoms with Crippen LogP contribution in [0.3, 0.4) is 0 Å². The standard InChI is InChI=1S/C30H34ClFN2O4/c1-29(32)25(37-2)15-12-21(28(33)36)27(29)26-22-16-30(18-6-4-3-5-7-18,38-24(22)14-13-23(26)31)17-34-19-8-10-20(35)11-9-19/h3-7,12-15,19-20,25,34-35H,8-11,16-17H2,1-2H3,(H2,33,36)/t19?,20?,25?,29?,30-/m1/s1. The van der Waals surface area contributed by atoms with Gasteiger partial charge >= 0.3 is 0 Å². The van der Waals surface area contributed by atoms with Gasteiger partial charge in [0, 0.05) is 53.4 Å². The third-order valence-corrected chi connectivity index (χ3v) is 8.47. The van der Waals surface area contributed by atoms with Crippen molar-refractivity contribution in [3.63, 3.8) is 0 Å². The van der Waals surface area contributed by atoms with E-state index in [1.807, 2.05) is 30.3 Å². The molecule has 2 aliphatic carbocycles. The third-order valence-electron chi connectivity index (χ3n) is 8.16. The van der Waals surface area contributed by atoms with Crippen LogP contribution in [0.2, 0.25) is 5.02 Å². The van der Waals surface area contributed by atoms with Gasteiger partial charge in [-0.1, -0.05) is 54.1 Å². The average molecular weight is 541 g/mol. The van der Waals surface area contributed by atoms with Crippen LogP contribution in [-0.4, -0.2) is 48.6 Å². The summed E-state index contributed by atoms with van der Waals surface area (Å²) >= 11 is 6.77. The van der Waals surface area contributed by atoms with Crippen molar-refractivity contribution in [1.29, 1.82) is 0 Å². The molecule has 1 amide bonds. The van der Waals surface area contributed by atoms with E-state index in [1.54, 1.807) is 12.1 Å². The summed E-state index contributed by atoms with van der Waals surface area (Å²) in [6.07, 6.45) is 5.59. The lowest BCUT2D eigenvalue weighted by molar-refractivity contribution is -0.114. The van der Waals surface area contributed by atoms with Crippen molar-refractivity contribution in [3.8, 4) is 5.75 Å². The van der Waals surface area contributed by atoms with Gasteiger partial charge < -0.3 is 25.6 Å². The van der Waals surface area contributed by atoms with Gasteiger partial charge in [0.25, 0.3) is 0 Å². The van der Waals surface area contributed by atoms with Gasteiger partial charge in [0.05, 0.1) is 6.10 Å². The van der Waals surface area contributed by atoms with Crippen molar-refractivity contribution >= 4 is 23.1 Å². The lowest BCUT2D eigenvalue weighted by Crippen LogP contribution is -2.47. The minimum Gasteiger partial charge on any atom is -0.481 e. The Labute approximate surface area is 227 Å². The number of methoxy groups -OCH3 is 1. The molecule has 8 heteroatoms. The van der Waals surface area contributed by atoms with Crippen molar-refractivity contribution < 1.29 is 23.8 Å². The molecule has 1 heterocycles. The molecule has 5 rings (SSSR count). The fourth-order valence-electron chi connectivity index (χ4n) is 6.10. The summed E-state index contributed by atoms with van der Waals surface area (Å²) < 4.78 is 28.6. The zero-order valence-electron chi connectivity index (χ0n) is 21.7. The van der Waals surface area contributed by atoms with Crippen LogP contribution >= 0.6 is 11.6 Å². The second-order valence-corrected chi connectivity index (χ2v) is 11.1. The van der Waals surface area contributed by atoms with Crippen LogP contribution < -0.4 is 15.8 Å². The zero-order valence-corrected chi connectivity index (χ0v) is 22.4. The average Bonchev–Trinajstić information content (AvgIpc) is 3.29. The molecule has 0 saturated heterocycles. The van der Waals surface area contributed by atoms with E-state index in [2.05, 4.69) is 5.32 Å². The highest BCUT2D eigenvalue weighted by atomic mass is 35.5. The number of carbonyl (C=O) groups excluding carboxylic acids is 1. The van der Waals surface area contributed by atoms with Crippen LogP contribution in [0.25, 0.3) is 5.57 Å². The smallest absolute Gasteiger partial charge is 0.249 e. The number of halogens is 2. The highest BCUT2D eigenvalue weighted by Gasteiger charge is 2.48. The van der Waals surface area contributed by atoms with Gasteiger partial charge in [0.2, 0.25) is 5.91 Å². The molecular weight excluding hydrogens is 507 g/mol. The van der Waals surface area contributed by atoms with Crippen LogP contribution in [0.15, 0.2) is 60.2 Å². The van der Waals surface area contributed by atoms with E-state index in [0.717, 1.165) is 36.8 Å². The van der Waals surface area contributed by atoms with Gasteiger partial charge in [-0.3, -0.25) is 4.79 Å². The first kappa shape index (κ1) is 26.9. The summed E-state index contributed by atoms with van der Waals surface area (Å²) in [5.41, 5.74) is 5.20. The number of carbonyl (C=O) groups is 1. The van der Waals surface area contributed by atoms with Gasteiger partial charge in [-0.25, -0.2) is 4.39 Å². The molecule has 1 fully saturated rings. The van der Waals surface area contributed by atoms with Crippen LogP contribution in [0.4, 0.5) is 4.39 Å². The van der Waals surface area contributed by atoms with Crippen molar-refractivity contribution in [2.45, 2.75) is 68.5 Å². The SMILES string of the molecule is COC1C=CC(C(N)=O)=C(c2c(Cl)ccc3c2C[C@@](CNC2CCC(O)CC2)(c2ccccc2)O3)C1(C)F. The van der Waals surface area contributed by atoms with Gasteiger partial charge in [-0.05, 0) is 50.3 Å². The zero-order chi connectivity index (χ0) is 27.1. The summed E-state index contributed by atoms with van der Waals surface area (Å²) in [4.78, 5) is 12.5. The van der Waals surface area contributed by atoms with E-state index in [0.29, 0.717) is 29.3 Å². The molecule has 3 aliphatic rings. The monoisotopic (exact) mass is 540 g/mol. The number of ether oxygens (including phenoxy) is 2. The number of hydrogen-bond acceptors (Lipinski definition) is 5. The van der Waals surface area contributed by atoms with Crippen LogP contribution in [0, 0.1) is 0 Å². The predicted molar refractivity (Wildman–Crippen MR) is 146 cm³/mol. The minimum absolute atomic E-state index is 0.0645. The van der Waals surface area contributed by atoms with E-state index in [4.69, 9.17) is 26.8 Å². The Hall–Kier alpha value is -2.71. The lowest BCUT2D eigenvalue weighted by atomic mass is 9.76. The molecule has 2 aromatic carbocycles. The first-order chi connectivity index (χ1) is 18.2. The number of aliphatic hydroxyl groups is 1. The fraction of sp³-hybridized carbons (Fsp3) is 0.433. The number of fused-ring (bicyclic) bond motifs is 1. The topological polar surface area (TPSA) is 93.8 Å². The number of rotatable bonds is 7. The number of hydrogen-bond donors (Lipinski definition) is 3. The molecule has 0 spiro atoms. The maximum Gasteiger partial charge on any atom is 0.249 e. The molecule has 202 valence electrons. The van der Waals surface area contributed by atoms with E-state index in [9.17, 15) is 9.90 Å². The molecule has 0 radical (unpaired) electrons. The number of aliphatic hydroxyl groups excluding tert-OH is 1. The number of nitrogens with one attached hydrogen (secondary N) is 1. The summed E-state index contributed by atoms with van der Waals surface area (Å²) in [7, 11) is 1.43. The lowest BCUT2D eigenvalue weighted by Gasteiger charge is -2.35. The molecule has 3 atom stereocenters. The highest BCUT2D eigenvalue weighted by molar-refractivity contribution is 6.33. The van der Waals surface area contributed by atoms with E-state index < -0.39 is 23.3 Å². The maximum atomic E-state index is 16.5. The molecule has 38 heavy (non-hydrogen) atoms. The number of nitrogens with two attached hydrogens (primary N) is 1. The Morgan fingerprint density at radius 3 is 2.58 bits per heavy atom. The Kier molecular flexibility index (Phi) is 7.40. The summed E-state index contributed by atoms with van der Waals surface area (Å²) in [5, 5.41) is 13.9. The molecule has 2 aromatic rings. The quantitative estimate of drug-likeness (QED) is 0.476. The molecular formula is C30H34ClFN2O4. The second kappa shape index (κ2) is 10.5. The molecule has 1 aliphatic heterocycles. The van der Waals surface area contributed by atoms with Gasteiger partial charge in [0.1, 0.15) is 11.9 Å². The normalized spacial score (nSPS) is 30.7.